The van der Waals surface area contributed by atoms with Crippen molar-refractivity contribution in [3.05, 3.63) is 37.3 Å². The fourth-order valence-corrected chi connectivity index (χ4v) is 6.26. The summed E-state index contributed by atoms with van der Waals surface area (Å²) in [4.78, 5) is 33.2. The van der Waals surface area contributed by atoms with E-state index in [1.165, 1.54) is 43.9 Å². The van der Waals surface area contributed by atoms with Crippen molar-refractivity contribution < 1.29 is 4.79 Å². The normalized spacial score (nSPS) is 12.9. The topological polar surface area (TPSA) is 87.8 Å². The van der Waals surface area contributed by atoms with E-state index in [-0.39, 0.29) is 18.0 Å². The third kappa shape index (κ3) is 3.26. The molecule has 3 heterocycles. The minimum absolute atomic E-state index is 0.122. The summed E-state index contributed by atoms with van der Waals surface area (Å²) in [5.41, 5.74) is 1.44. The van der Waals surface area contributed by atoms with Gasteiger partial charge in [0.25, 0.3) is 5.56 Å². The predicted molar refractivity (Wildman–Crippen MR) is 115 cm³/mol. The van der Waals surface area contributed by atoms with E-state index in [0.717, 1.165) is 36.1 Å². The second-order valence-corrected chi connectivity index (χ2v) is 9.49. The third-order valence-electron chi connectivity index (χ3n) is 4.79. The first-order valence-electron chi connectivity index (χ1n) is 8.97. The zero-order chi connectivity index (χ0) is 19.8. The van der Waals surface area contributed by atoms with Crippen LogP contribution in [0.15, 0.2) is 16.0 Å². The molecule has 28 heavy (non-hydrogen) atoms. The van der Waals surface area contributed by atoms with E-state index in [9.17, 15) is 14.9 Å². The van der Waals surface area contributed by atoms with Crippen LogP contribution in [0, 0.1) is 11.3 Å². The van der Waals surface area contributed by atoms with E-state index >= 15 is 0 Å². The number of hydrogen-bond acceptors (Lipinski definition) is 7. The Bertz CT molecular complexity index is 1180. The van der Waals surface area contributed by atoms with Crippen LogP contribution in [-0.2, 0) is 30.6 Å². The van der Waals surface area contributed by atoms with Gasteiger partial charge in [-0.1, -0.05) is 18.7 Å². The molecular weight excluding hydrogens is 412 g/mol. The van der Waals surface area contributed by atoms with Crippen LogP contribution in [0.25, 0.3) is 10.2 Å². The molecule has 3 aromatic rings. The van der Waals surface area contributed by atoms with E-state index in [1.807, 2.05) is 19.2 Å². The summed E-state index contributed by atoms with van der Waals surface area (Å²) in [6.07, 6.45) is 5.59. The lowest BCUT2D eigenvalue weighted by Gasteiger charge is -2.10. The zero-order valence-electron chi connectivity index (χ0n) is 15.5. The van der Waals surface area contributed by atoms with Crippen LogP contribution < -0.4 is 10.9 Å². The highest BCUT2D eigenvalue weighted by Gasteiger charge is 2.23. The Morgan fingerprint density at radius 2 is 2.25 bits per heavy atom. The molecule has 4 rings (SSSR count). The van der Waals surface area contributed by atoms with Gasteiger partial charge in [-0.2, -0.15) is 5.26 Å². The number of anilines is 1. The standard InChI is InChI=1S/C19H18N4O2S3/c1-3-10-7-12-16(27-10)22-19(26-2)23(18(12)25)9-15(24)21-17-13(8-20)11-5-4-6-14(11)28-17/h7H,3-6,9H2,1-2H3,(H,21,24). The van der Waals surface area contributed by atoms with Gasteiger partial charge < -0.3 is 5.32 Å². The fourth-order valence-electron chi connectivity index (χ4n) is 3.44. The minimum atomic E-state index is -0.319. The Morgan fingerprint density at radius 3 is 2.96 bits per heavy atom. The number of nitriles is 1. The van der Waals surface area contributed by atoms with Crippen molar-refractivity contribution in [1.29, 1.82) is 5.26 Å². The number of aryl methyl sites for hydroxylation is 2. The number of rotatable bonds is 5. The van der Waals surface area contributed by atoms with Gasteiger partial charge in [0.15, 0.2) is 5.16 Å². The van der Waals surface area contributed by atoms with Gasteiger partial charge in [0.05, 0.1) is 10.9 Å². The van der Waals surface area contributed by atoms with E-state index < -0.39 is 0 Å². The van der Waals surface area contributed by atoms with Crippen LogP contribution in [0.4, 0.5) is 5.00 Å². The van der Waals surface area contributed by atoms with Gasteiger partial charge in [0, 0.05) is 9.75 Å². The number of carbonyl (C=O) groups is 1. The first-order chi connectivity index (χ1) is 13.5. The zero-order valence-corrected chi connectivity index (χ0v) is 17.9. The molecule has 6 nitrogen and oxygen atoms in total. The van der Waals surface area contributed by atoms with E-state index in [1.54, 1.807) is 0 Å². The summed E-state index contributed by atoms with van der Waals surface area (Å²) < 4.78 is 1.42. The van der Waals surface area contributed by atoms with Gasteiger partial charge in [-0.25, -0.2) is 4.98 Å². The average molecular weight is 431 g/mol. The Balaban J connectivity index is 1.65. The van der Waals surface area contributed by atoms with Gasteiger partial charge in [-0.15, -0.1) is 22.7 Å². The summed E-state index contributed by atoms with van der Waals surface area (Å²) >= 11 is 4.34. The number of amides is 1. The molecule has 0 atom stereocenters. The summed E-state index contributed by atoms with van der Waals surface area (Å²) in [5, 5.41) is 14.0. The highest BCUT2D eigenvalue weighted by atomic mass is 32.2. The maximum absolute atomic E-state index is 12.9. The summed E-state index contributed by atoms with van der Waals surface area (Å²) in [6.45, 7) is 1.92. The van der Waals surface area contributed by atoms with Crippen molar-refractivity contribution >= 4 is 55.6 Å². The lowest BCUT2D eigenvalue weighted by atomic mass is 10.1. The van der Waals surface area contributed by atoms with Crippen LogP contribution in [0.5, 0.6) is 0 Å². The van der Waals surface area contributed by atoms with Crippen LogP contribution in [-0.4, -0.2) is 21.7 Å². The number of thioether (sulfide) groups is 1. The van der Waals surface area contributed by atoms with Crippen LogP contribution in [0.1, 0.15) is 34.2 Å². The molecule has 0 radical (unpaired) electrons. The molecule has 1 aliphatic carbocycles. The first kappa shape index (κ1) is 19.2. The number of fused-ring (bicyclic) bond motifs is 2. The maximum atomic E-state index is 12.9. The Kier molecular flexibility index (Phi) is 5.27. The number of carbonyl (C=O) groups excluding carboxylic acids is 1. The summed E-state index contributed by atoms with van der Waals surface area (Å²) in [6, 6.07) is 4.09. The lowest BCUT2D eigenvalue weighted by molar-refractivity contribution is -0.116. The Labute approximate surface area is 174 Å². The molecule has 0 aliphatic heterocycles. The number of aromatic nitrogens is 2. The van der Waals surface area contributed by atoms with Gasteiger partial charge in [-0.05, 0) is 43.6 Å². The maximum Gasteiger partial charge on any atom is 0.263 e. The monoisotopic (exact) mass is 430 g/mol. The predicted octanol–water partition coefficient (Wildman–Crippen LogP) is 3.80. The molecule has 0 fully saturated rings. The van der Waals surface area contributed by atoms with Crippen molar-refractivity contribution in [2.45, 2.75) is 44.3 Å². The van der Waals surface area contributed by atoms with Crippen LogP contribution in [0.2, 0.25) is 0 Å². The second kappa shape index (κ2) is 7.70. The Hall–Kier alpha value is -2.15. The molecule has 0 spiro atoms. The molecule has 144 valence electrons. The first-order valence-corrected chi connectivity index (χ1v) is 11.8. The summed E-state index contributed by atoms with van der Waals surface area (Å²) in [5.74, 6) is -0.319. The molecule has 1 aliphatic rings. The van der Waals surface area contributed by atoms with Crippen molar-refractivity contribution in [3.63, 3.8) is 0 Å². The quantitative estimate of drug-likeness (QED) is 0.491. The lowest BCUT2D eigenvalue weighted by Crippen LogP contribution is -2.29. The van der Waals surface area contributed by atoms with Crippen molar-refractivity contribution in [3.8, 4) is 6.07 Å². The molecule has 0 bridgehead atoms. The molecule has 0 saturated carbocycles. The van der Waals surface area contributed by atoms with E-state index in [4.69, 9.17) is 0 Å². The fraction of sp³-hybridized carbons (Fsp3) is 0.368. The van der Waals surface area contributed by atoms with Crippen molar-refractivity contribution in [2.24, 2.45) is 0 Å². The van der Waals surface area contributed by atoms with Gasteiger partial charge in [0.1, 0.15) is 22.4 Å². The SMILES string of the molecule is CCc1cc2c(=O)n(CC(=O)Nc3sc4c(c3C#N)CCC4)c(SC)nc2s1. The molecular formula is C19H18N4O2S3. The van der Waals surface area contributed by atoms with Gasteiger partial charge in [0.2, 0.25) is 5.91 Å². The molecule has 3 aromatic heterocycles. The molecule has 0 aromatic carbocycles. The number of thiophene rings is 2. The van der Waals surface area contributed by atoms with E-state index in [2.05, 4.69) is 16.4 Å². The van der Waals surface area contributed by atoms with Crippen LogP contribution >= 0.6 is 34.4 Å². The molecule has 1 N–H and O–H groups in total. The third-order valence-corrected chi connectivity index (χ3v) is 7.84. The highest BCUT2D eigenvalue weighted by Crippen LogP contribution is 2.38. The van der Waals surface area contributed by atoms with Crippen molar-refractivity contribution in [1.82, 2.24) is 9.55 Å². The Morgan fingerprint density at radius 1 is 1.43 bits per heavy atom. The minimum Gasteiger partial charge on any atom is -0.315 e. The van der Waals surface area contributed by atoms with E-state index in [0.29, 0.717) is 25.9 Å². The smallest absolute Gasteiger partial charge is 0.263 e. The average Bonchev–Trinajstić information content (AvgIpc) is 3.37. The van der Waals surface area contributed by atoms with Crippen molar-refractivity contribution in [2.75, 3.05) is 11.6 Å². The van der Waals surface area contributed by atoms with Gasteiger partial charge >= 0.3 is 0 Å². The number of hydrogen-bond donors (Lipinski definition) is 1. The summed E-state index contributed by atoms with van der Waals surface area (Å²) in [7, 11) is 0. The largest absolute Gasteiger partial charge is 0.315 e. The van der Waals surface area contributed by atoms with Gasteiger partial charge in [-0.3, -0.25) is 14.2 Å². The molecule has 9 heteroatoms. The number of nitrogens with one attached hydrogen (secondary N) is 1. The highest BCUT2D eigenvalue weighted by molar-refractivity contribution is 7.98. The molecule has 0 unspecified atom stereocenters. The number of nitrogens with zero attached hydrogens (tertiary/aromatic N) is 3. The second-order valence-electron chi connectivity index (χ2n) is 6.50. The molecule has 0 saturated heterocycles. The van der Waals surface area contributed by atoms with Crippen LogP contribution in [0.3, 0.4) is 0 Å². The molecule has 1 amide bonds.